The quantitative estimate of drug-likeness (QED) is 0.779. The minimum absolute atomic E-state index is 0.0626. The average molecular weight is 236 g/mol. The maximum absolute atomic E-state index is 11.8. The molecule has 0 amide bonds. The number of hydrogen-bond acceptors (Lipinski definition) is 3. The van der Waals surface area contributed by atoms with Gasteiger partial charge in [0, 0.05) is 11.5 Å². The van der Waals surface area contributed by atoms with E-state index in [1.54, 1.807) is 13.8 Å². The molecule has 5 nitrogen and oxygen atoms in total. The van der Waals surface area contributed by atoms with E-state index in [0.29, 0.717) is 0 Å². The van der Waals surface area contributed by atoms with Crippen LogP contribution < -0.4 is 0 Å². The summed E-state index contributed by atoms with van der Waals surface area (Å²) in [6.07, 6.45) is 0. The van der Waals surface area contributed by atoms with Gasteiger partial charge in [-0.3, -0.25) is 4.79 Å². The molecule has 0 saturated carbocycles. The summed E-state index contributed by atoms with van der Waals surface area (Å²) >= 11 is 0. The van der Waals surface area contributed by atoms with Gasteiger partial charge in [-0.05, 0) is 18.2 Å². The summed E-state index contributed by atoms with van der Waals surface area (Å²) in [5.41, 5.74) is -0.333. The molecule has 0 bridgehead atoms. The number of benzene rings is 1. The third kappa shape index (κ3) is 2.69. The second-order valence-electron chi connectivity index (χ2n) is 3.89. The van der Waals surface area contributed by atoms with Gasteiger partial charge >= 0.3 is 11.9 Å². The normalized spacial score (nSPS) is 10.3. The molecular formula is C12H12O5. The SMILES string of the molecule is CC(C)C(=O)c1cc(C(=O)O)ccc1C(=O)O. The van der Waals surface area contributed by atoms with Crippen LogP contribution in [0.4, 0.5) is 0 Å². The molecule has 1 rings (SSSR count). The van der Waals surface area contributed by atoms with Crippen molar-refractivity contribution in [3.63, 3.8) is 0 Å². The lowest BCUT2D eigenvalue weighted by Gasteiger charge is -2.08. The fraction of sp³-hybridized carbons (Fsp3) is 0.250. The molecule has 0 spiro atoms. The molecule has 0 aromatic heterocycles. The Bertz CT molecular complexity index is 488. The van der Waals surface area contributed by atoms with Crippen molar-refractivity contribution in [1.29, 1.82) is 0 Å². The molecule has 0 fully saturated rings. The molecule has 17 heavy (non-hydrogen) atoms. The highest BCUT2D eigenvalue weighted by Gasteiger charge is 2.20. The van der Waals surface area contributed by atoms with E-state index in [4.69, 9.17) is 10.2 Å². The molecule has 0 aliphatic rings. The molecule has 90 valence electrons. The van der Waals surface area contributed by atoms with E-state index in [9.17, 15) is 14.4 Å². The van der Waals surface area contributed by atoms with E-state index < -0.39 is 17.9 Å². The Morgan fingerprint density at radius 2 is 1.59 bits per heavy atom. The topological polar surface area (TPSA) is 91.7 Å². The molecule has 0 saturated heterocycles. The van der Waals surface area contributed by atoms with Crippen molar-refractivity contribution in [2.24, 2.45) is 5.92 Å². The number of hydrogen-bond donors (Lipinski definition) is 2. The maximum Gasteiger partial charge on any atom is 0.336 e. The largest absolute Gasteiger partial charge is 0.478 e. The van der Waals surface area contributed by atoms with Gasteiger partial charge in [-0.1, -0.05) is 13.8 Å². The van der Waals surface area contributed by atoms with Crippen LogP contribution in [0.5, 0.6) is 0 Å². The minimum atomic E-state index is -1.24. The van der Waals surface area contributed by atoms with Crippen molar-refractivity contribution in [2.45, 2.75) is 13.8 Å². The Balaban J connectivity index is 3.40. The second kappa shape index (κ2) is 4.78. The van der Waals surface area contributed by atoms with E-state index in [0.717, 1.165) is 12.1 Å². The fourth-order valence-corrected chi connectivity index (χ4v) is 1.38. The van der Waals surface area contributed by atoms with Crippen LogP contribution in [0.2, 0.25) is 0 Å². The highest BCUT2D eigenvalue weighted by Crippen LogP contribution is 2.17. The maximum atomic E-state index is 11.8. The van der Waals surface area contributed by atoms with E-state index in [1.165, 1.54) is 6.07 Å². The van der Waals surface area contributed by atoms with Crippen LogP contribution in [-0.2, 0) is 0 Å². The van der Waals surface area contributed by atoms with Gasteiger partial charge in [0.25, 0.3) is 0 Å². The molecule has 1 aromatic carbocycles. The Morgan fingerprint density at radius 1 is 1.00 bits per heavy atom. The van der Waals surface area contributed by atoms with Gasteiger partial charge < -0.3 is 10.2 Å². The van der Waals surface area contributed by atoms with Crippen molar-refractivity contribution in [3.8, 4) is 0 Å². The van der Waals surface area contributed by atoms with Crippen LogP contribution in [0.25, 0.3) is 0 Å². The number of carboxylic acids is 2. The lowest BCUT2D eigenvalue weighted by molar-refractivity contribution is 0.0678. The van der Waals surface area contributed by atoms with Crippen LogP contribution in [0.3, 0.4) is 0 Å². The van der Waals surface area contributed by atoms with Crippen LogP contribution in [0.1, 0.15) is 44.9 Å². The van der Waals surface area contributed by atoms with E-state index in [2.05, 4.69) is 0 Å². The second-order valence-corrected chi connectivity index (χ2v) is 3.89. The van der Waals surface area contributed by atoms with Crippen LogP contribution in [0.15, 0.2) is 18.2 Å². The van der Waals surface area contributed by atoms with Crippen molar-refractivity contribution in [3.05, 3.63) is 34.9 Å². The summed E-state index contributed by atoms with van der Waals surface area (Å²) in [6, 6.07) is 3.42. The molecule has 5 heteroatoms. The highest BCUT2D eigenvalue weighted by molar-refractivity contribution is 6.08. The van der Waals surface area contributed by atoms with Gasteiger partial charge in [0.2, 0.25) is 0 Å². The number of carboxylic acid groups (broad SMARTS) is 2. The van der Waals surface area contributed by atoms with E-state index >= 15 is 0 Å². The van der Waals surface area contributed by atoms with Gasteiger partial charge in [-0.2, -0.15) is 0 Å². The lowest BCUT2D eigenvalue weighted by atomic mass is 9.94. The van der Waals surface area contributed by atoms with Crippen LogP contribution in [0, 0.1) is 5.92 Å². The average Bonchev–Trinajstić information content (AvgIpc) is 2.26. The van der Waals surface area contributed by atoms with Crippen LogP contribution in [-0.4, -0.2) is 27.9 Å². The van der Waals surface area contributed by atoms with Gasteiger partial charge in [-0.25, -0.2) is 9.59 Å². The minimum Gasteiger partial charge on any atom is -0.478 e. The Hall–Kier alpha value is -2.17. The summed E-state index contributed by atoms with van der Waals surface area (Å²) in [5, 5.41) is 17.7. The Labute approximate surface area is 97.7 Å². The monoisotopic (exact) mass is 236 g/mol. The third-order valence-corrected chi connectivity index (χ3v) is 2.29. The lowest BCUT2D eigenvalue weighted by Crippen LogP contribution is -2.14. The van der Waals surface area contributed by atoms with Gasteiger partial charge in [-0.15, -0.1) is 0 Å². The molecule has 2 N–H and O–H groups in total. The molecule has 0 aliphatic heterocycles. The van der Waals surface area contributed by atoms with Crippen molar-refractivity contribution >= 4 is 17.7 Å². The number of carbonyl (C=O) groups excluding carboxylic acids is 1. The van der Waals surface area contributed by atoms with E-state index in [1.807, 2.05) is 0 Å². The molecular weight excluding hydrogens is 224 g/mol. The first-order valence-corrected chi connectivity index (χ1v) is 4.99. The first-order valence-electron chi connectivity index (χ1n) is 4.99. The van der Waals surface area contributed by atoms with Gasteiger partial charge in [0.1, 0.15) is 0 Å². The standard InChI is InChI=1S/C12H12O5/c1-6(2)10(13)9-5-7(11(14)15)3-4-8(9)12(16)17/h3-6H,1-2H3,(H,14,15)(H,16,17). The fourth-order valence-electron chi connectivity index (χ4n) is 1.38. The van der Waals surface area contributed by atoms with Crippen LogP contribution >= 0.6 is 0 Å². The zero-order chi connectivity index (χ0) is 13.2. The van der Waals surface area contributed by atoms with Gasteiger partial charge in [0.05, 0.1) is 11.1 Å². The number of aromatic carboxylic acids is 2. The first-order chi connectivity index (χ1) is 7.84. The predicted octanol–water partition coefficient (Wildman–Crippen LogP) is 1.92. The van der Waals surface area contributed by atoms with Gasteiger partial charge in [0.15, 0.2) is 5.78 Å². The number of Topliss-reactive ketones (excluding diaryl/α,β-unsaturated/α-hetero) is 1. The zero-order valence-corrected chi connectivity index (χ0v) is 9.43. The summed E-state index contributed by atoms with van der Waals surface area (Å²) < 4.78 is 0. The smallest absolute Gasteiger partial charge is 0.336 e. The predicted molar refractivity (Wildman–Crippen MR) is 59.5 cm³/mol. The summed E-state index contributed by atoms with van der Waals surface area (Å²) in [6.45, 7) is 3.25. The van der Waals surface area contributed by atoms with Crippen molar-refractivity contribution in [2.75, 3.05) is 0 Å². The molecule has 0 aliphatic carbocycles. The molecule has 0 radical (unpaired) electrons. The van der Waals surface area contributed by atoms with Crippen molar-refractivity contribution in [1.82, 2.24) is 0 Å². The molecule has 0 atom stereocenters. The number of carbonyl (C=O) groups is 3. The molecule has 0 unspecified atom stereocenters. The first kappa shape index (κ1) is 12.9. The summed E-state index contributed by atoms with van der Waals surface area (Å²) in [7, 11) is 0. The number of rotatable bonds is 4. The summed E-state index contributed by atoms with van der Waals surface area (Å²) in [5.74, 6) is -3.21. The molecule has 0 heterocycles. The highest BCUT2D eigenvalue weighted by atomic mass is 16.4. The number of ketones is 1. The summed E-state index contributed by atoms with van der Waals surface area (Å²) in [4.78, 5) is 33.5. The zero-order valence-electron chi connectivity index (χ0n) is 9.43. The van der Waals surface area contributed by atoms with E-state index in [-0.39, 0.29) is 22.5 Å². The van der Waals surface area contributed by atoms with Crippen molar-refractivity contribution < 1.29 is 24.6 Å². The molecule has 1 aromatic rings. The third-order valence-electron chi connectivity index (χ3n) is 2.29. The Kier molecular flexibility index (Phi) is 3.62. The Morgan fingerprint density at radius 3 is 2.00 bits per heavy atom.